The maximum atomic E-state index is 13.1. The van der Waals surface area contributed by atoms with E-state index in [4.69, 9.17) is 0 Å². The second kappa shape index (κ2) is 8.08. The van der Waals surface area contributed by atoms with Crippen molar-refractivity contribution in [3.05, 3.63) is 102 Å². The van der Waals surface area contributed by atoms with E-state index in [-0.39, 0.29) is 34.3 Å². The van der Waals surface area contributed by atoms with E-state index in [9.17, 15) is 24.9 Å². The molecule has 1 aromatic heterocycles. The Morgan fingerprint density at radius 2 is 1.06 bits per heavy atom. The quantitative estimate of drug-likeness (QED) is 0.427. The molecule has 7 heteroatoms. The van der Waals surface area contributed by atoms with Crippen molar-refractivity contribution in [2.45, 2.75) is 0 Å². The number of nitrogens with zero attached hydrogens (tertiary/aromatic N) is 2. The zero-order chi connectivity index (χ0) is 22.0. The van der Waals surface area contributed by atoms with Crippen molar-refractivity contribution in [2.24, 2.45) is 0 Å². The Balaban J connectivity index is 1.82. The molecule has 31 heavy (non-hydrogen) atoms. The minimum atomic E-state index is -0.431. The van der Waals surface area contributed by atoms with Gasteiger partial charge < -0.3 is 15.3 Å². The summed E-state index contributed by atoms with van der Waals surface area (Å²) in [5.41, 5.74) is 1.33. The number of ketones is 2. The summed E-state index contributed by atoms with van der Waals surface area (Å²) >= 11 is 0. The highest BCUT2D eigenvalue weighted by molar-refractivity contribution is 6.12. The van der Waals surface area contributed by atoms with Crippen molar-refractivity contribution in [3.8, 4) is 28.5 Å². The van der Waals surface area contributed by atoms with Crippen molar-refractivity contribution in [2.75, 3.05) is 0 Å². The van der Waals surface area contributed by atoms with E-state index in [1.54, 1.807) is 12.1 Å². The van der Waals surface area contributed by atoms with Gasteiger partial charge in [0.1, 0.15) is 34.3 Å². The third-order valence-electron chi connectivity index (χ3n) is 4.62. The molecule has 0 aliphatic carbocycles. The molecule has 0 unspecified atom stereocenters. The fourth-order valence-electron chi connectivity index (χ4n) is 3.00. The van der Waals surface area contributed by atoms with Crippen LogP contribution in [-0.4, -0.2) is 36.9 Å². The first-order valence-electron chi connectivity index (χ1n) is 9.26. The number of carbonyl (C=O) groups is 2. The first-order chi connectivity index (χ1) is 14.9. The predicted octanol–water partition coefficient (Wildman–Crippen LogP) is 3.72. The molecular formula is C24H16N2O5. The topological polar surface area (TPSA) is 121 Å². The van der Waals surface area contributed by atoms with Gasteiger partial charge in [0, 0.05) is 16.7 Å². The normalized spacial score (nSPS) is 10.6. The maximum absolute atomic E-state index is 13.1. The average Bonchev–Trinajstić information content (AvgIpc) is 2.79. The summed E-state index contributed by atoms with van der Waals surface area (Å²) in [4.78, 5) is 34.6. The van der Waals surface area contributed by atoms with Gasteiger partial charge in [0.2, 0.25) is 11.6 Å². The van der Waals surface area contributed by atoms with Crippen LogP contribution < -0.4 is 0 Å². The molecule has 3 aromatic carbocycles. The number of aromatic nitrogens is 2. The number of carbonyl (C=O) groups excluding carboxylic acids is 2. The molecule has 0 saturated carbocycles. The van der Waals surface area contributed by atoms with Gasteiger partial charge in [-0.15, -0.1) is 0 Å². The number of phenolic OH excluding ortho intramolecular Hbond substituents is 3. The van der Waals surface area contributed by atoms with Gasteiger partial charge in [-0.25, -0.2) is 9.97 Å². The monoisotopic (exact) mass is 412 g/mol. The Hall–Kier alpha value is -4.52. The molecule has 0 atom stereocenters. The van der Waals surface area contributed by atoms with Gasteiger partial charge >= 0.3 is 0 Å². The molecule has 0 fully saturated rings. The van der Waals surface area contributed by atoms with Crippen molar-refractivity contribution >= 4 is 11.6 Å². The van der Waals surface area contributed by atoms with Gasteiger partial charge in [0.05, 0.1) is 6.20 Å². The summed E-state index contributed by atoms with van der Waals surface area (Å²) in [7, 11) is 0. The van der Waals surface area contributed by atoms with Crippen molar-refractivity contribution in [3.63, 3.8) is 0 Å². The van der Waals surface area contributed by atoms with Gasteiger partial charge in [-0.1, -0.05) is 0 Å². The summed E-state index contributed by atoms with van der Waals surface area (Å²) in [6.45, 7) is 0. The zero-order valence-corrected chi connectivity index (χ0v) is 16.1. The summed E-state index contributed by atoms with van der Waals surface area (Å²) < 4.78 is 0. The number of hydrogen-bond donors (Lipinski definition) is 3. The van der Waals surface area contributed by atoms with E-state index < -0.39 is 11.6 Å². The van der Waals surface area contributed by atoms with Crippen LogP contribution >= 0.6 is 0 Å². The maximum Gasteiger partial charge on any atom is 0.213 e. The number of hydrogen-bond acceptors (Lipinski definition) is 7. The van der Waals surface area contributed by atoms with E-state index in [0.717, 1.165) is 0 Å². The Morgan fingerprint density at radius 3 is 1.58 bits per heavy atom. The van der Waals surface area contributed by atoms with E-state index >= 15 is 0 Å². The molecule has 7 nitrogen and oxygen atoms in total. The number of benzene rings is 3. The highest BCUT2D eigenvalue weighted by Crippen LogP contribution is 2.26. The Bertz CT molecular complexity index is 1270. The second-order valence-corrected chi connectivity index (χ2v) is 6.75. The first-order valence-corrected chi connectivity index (χ1v) is 9.26. The van der Waals surface area contributed by atoms with E-state index in [2.05, 4.69) is 9.97 Å². The first kappa shape index (κ1) is 19.8. The lowest BCUT2D eigenvalue weighted by Crippen LogP contribution is -2.12. The van der Waals surface area contributed by atoms with Crippen LogP contribution in [0.4, 0.5) is 0 Å². The fraction of sp³-hybridized carbons (Fsp3) is 0. The summed E-state index contributed by atoms with van der Waals surface area (Å²) in [6.07, 6.45) is 1.23. The smallest absolute Gasteiger partial charge is 0.213 e. The zero-order valence-electron chi connectivity index (χ0n) is 16.1. The largest absolute Gasteiger partial charge is 0.508 e. The molecular weight excluding hydrogens is 396 g/mol. The van der Waals surface area contributed by atoms with Crippen molar-refractivity contribution in [1.82, 2.24) is 9.97 Å². The second-order valence-electron chi connectivity index (χ2n) is 6.75. The van der Waals surface area contributed by atoms with Crippen molar-refractivity contribution < 1.29 is 24.9 Å². The van der Waals surface area contributed by atoms with Gasteiger partial charge in [-0.3, -0.25) is 9.59 Å². The molecule has 1 heterocycles. The SMILES string of the molecule is O=C(c1ccc(O)cc1)c1cnc(C(=O)c2ccc(O)cc2)c(-c2ccc(O)cc2)n1. The lowest BCUT2D eigenvalue weighted by atomic mass is 10.0. The van der Waals surface area contributed by atoms with Crippen LogP contribution in [0.2, 0.25) is 0 Å². The predicted molar refractivity (Wildman–Crippen MR) is 112 cm³/mol. The molecule has 4 rings (SSSR count). The van der Waals surface area contributed by atoms with Gasteiger partial charge in [0.15, 0.2) is 0 Å². The van der Waals surface area contributed by atoms with Gasteiger partial charge in [0.25, 0.3) is 0 Å². The highest BCUT2D eigenvalue weighted by Gasteiger charge is 2.21. The van der Waals surface area contributed by atoms with Crippen molar-refractivity contribution in [1.29, 1.82) is 0 Å². The Labute approximate surface area is 176 Å². The molecule has 0 saturated heterocycles. The Morgan fingerprint density at radius 1 is 0.613 bits per heavy atom. The van der Waals surface area contributed by atoms with Gasteiger partial charge in [-0.2, -0.15) is 0 Å². The van der Waals surface area contributed by atoms with Crippen LogP contribution in [-0.2, 0) is 0 Å². The lowest BCUT2D eigenvalue weighted by molar-refractivity contribution is 0.102. The number of aromatic hydroxyl groups is 3. The van der Waals surface area contributed by atoms with Crippen LogP contribution in [0.15, 0.2) is 79.0 Å². The average molecular weight is 412 g/mol. The number of phenols is 3. The molecule has 3 N–H and O–H groups in total. The molecule has 0 aliphatic rings. The number of rotatable bonds is 5. The summed E-state index contributed by atoms with van der Waals surface area (Å²) in [6, 6.07) is 17.5. The molecule has 0 radical (unpaired) electrons. The molecule has 0 bridgehead atoms. The minimum absolute atomic E-state index is 0.0241. The standard InChI is InChI=1S/C24H16N2O5/c27-17-7-1-14(2-8-17)21-22(24(31)16-5-11-19(29)12-6-16)25-13-20(26-21)23(30)15-3-9-18(28)10-4-15/h1-13,27-29H. The van der Waals surface area contributed by atoms with Crippen LogP contribution in [0, 0.1) is 0 Å². The van der Waals surface area contributed by atoms with E-state index in [1.165, 1.54) is 66.9 Å². The summed E-state index contributed by atoms with van der Waals surface area (Å²) in [5.74, 6) is -0.756. The van der Waals surface area contributed by atoms with Gasteiger partial charge in [-0.05, 0) is 72.8 Å². The Kier molecular flexibility index (Phi) is 5.15. The molecule has 0 amide bonds. The third kappa shape index (κ3) is 4.11. The van der Waals surface area contributed by atoms with Crippen LogP contribution in [0.3, 0.4) is 0 Å². The lowest BCUT2D eigenvalue weighted by Gasteiger charge is -2.10. The van der Waals surface area contributed by atoms with E-state index in [0.29, 0.717) is 16.7 Å². The van der Waals surface area contributed by atoms with Crippen LogP contribution in [0.5, 0.6) is 17.2 Å². The third-order valence-corrected chi connectivity index (χ3v) is 4.62. The molecule has 4 aromatic rings. The highest BCUT2D eigenvalue weighted by atomic mass is 16.3. The minimum Gasteiger partial charge on any atom is -0.508 e. The summed E-state index contributed by atoms with van der Waals surface area (Å²) in [5, 5.41) is 28.5. The van der Waals surface area contributed by atoms with Crippen LogP contribution in [0.1, 0.15) is 32.1 Å². The van der Waals surface area contributed by atoms with E-state index in [1.807, 2.05) is 0 Å². The van der Waals surface area contributed by atoms with Crippen LogP contribution in [0.25, 0.3) is 11.3 Å². The molecule has 0 aliphatic heterocycles. The molecule has 152 valence electrons. The molecule has 0 spiro atoms. The fourth-order valence-corrected chi connectivity index (χ4v) is 3.00.